The average Bonchev–Trinajstić information content (AvgIpc) is 2.68. The molecule has 2 aromatic carbocycles. The van der Waals surface area contributed by atoms with Crippen molar-refractivity contribution in [3.8, 4) is 11.5 Å². The van der Waals surface area contributed by atoms with Crippen molar-refractivity contribution in [2.75, 3.05) is 7.05 Å². The summed E-state index contributed by atoms with van der Waals surface area (Å²) in [7, 11) is 1.29. The minimum atomic E-state index is -7.02. The first-order chi connectivity index (χ1) is 14.1. The summed E-state index contributed by atoms with van der Waals surface area (Å²) in [6, 6.07) is 4.24. The number of benzene rings is 2. The summed E-state index contributed by atoms with van der Waals surface area (Å²) in [5.74, 6) is -22.4. The number of nitrogens with one attached hydrogen (secondary N) is 1. The van der Waals surface area contributed by atoms with E-state index in [1.165, 1.54) is 7.05 Å². The van der Waals surface area contributed by atoms with Gasteiger partial charge >= 0.3 is 23.9 Å². The lowest BCUT2D eigenvalue weighted by molar-refractivity contribution is -0.399. The maximum atomic E-state index is 14.0. The van der Waals surface area contributed by atoms with Crippen LogP contribution in [0.5, 0.6) is 11.5 Å². The fraction of sp³-hybridized carbons (Fsp3) is 0.278. The molecule has 1 N–H and O–H groups in total. The quantitative estimate of drug-likeness (QED) is 0.542. The van der Waals surface area contributed by atoms with Gasteiger partial charge in [-0.25, -0.2) is 4.39 Å². The molecule has 31 heavy (non-hydrogen) atoms. The summed E-state index contributed by atoms with van der Waals surface area (Å²) in [6.07, 6.45) is -6.93. The minimum absolute atomic E-state index is 0.0878. The van der Waals surface area contributed by atoms with Gasteiger partial charge in [0.15, 0.2) is 11.6 Å². The van der Waals surface area contributed by atoms with Gasteiger partial charge in [0.1, 0.15) is 5.75 Å². The number of hydrogen-bond acceptors (Lipinski definition) is 2. The predicted molar refractivity (Wildman–Crippen MR) is 86.1 cm³/mol. The van der Waals surface area contributed by atoms with E-state index in [0.717, 1.165) is 18.2 Å². The molecule has 170 valence electrons. The van der Waals surface area contributed by atoms with E-state index < -0.39 is 52.7 Å². The molecule has 0 fully saturated rings. The Morgan fingerprint density at radius 1 is 0.839 bits per heavy atom. The number of ether oxygens (including phenoxy) is 1. The van der Waals surface area contributed by atoms with E-state index in [2.05, 4.69) is 5.32 Å². The maximum Gasteiger partial charge on any atom is 0.460 e. The molecule has 0 spiro atoms. The number of carbonyl (C=O) groups is 1. The Morgan fingerprint density at radius 3 is 1.84 bits per heavy atom. The molecule has 0 heterocycles. The fourth-order valence-corrected chi connectivity index (χ4v) is 2.28. The van der Waals surface area contributed by atoms with Crippen molar-refractivity contribution in [2.45, 2.75) is 23.9 Å². The van der Waals surface area contributed by atoms with Crippen molar-refractivity contribution >= 4 is 5.91 Å². The summed E-state index contributed by atoms with van der Waals surface area (Å²) in [5.41, 5.74) is -1.95. The summed E-state index contributed by atoms with van der Waals surface area (Å²) in [6.45, 7) is 0. The average molecular weight is 463 g/mol. The summed E-state index contributed by atoms with van der Waals surface area (Å²) in [4.78, 5) is 11.4. The van der Waals surface area contributed by atoms with Crippen LogP contribution >= 0.6 is 0 Å². The van der Waals surface area contributed by atoms with Crippen molar-refractivity contribution < 1.29 is 53.4 Å². The SMILES string of the molecule is CNC(=O)c1ccc(Oc2ccc(C(F)(F)C(F)(F)C(F)(F)C(F)(F)F)cc2)c(F)c1. The molecule has 13 heteroatoms. The Labute approximate surface area is 167 Å². The summed E-state index contributed by atoms with van der Waals surface area (Å²) >= 11 is 0. The van der Waals surface area contributed by atoms with Crippen LogP contribution in [0.2, 0.25) is 0 Å². The standard InChI is InChI=1S/C18H11F10NO2/c1-29-14(30)9-2-7-13(12(19)8-9)31-11-5-3-10(4-6-11)15(20,21)16(22,23)17(24,25)18(26,27)28/h2-8H,1H3,(H,29,30). The molecule has 0 saturated carbocycles. The van der Waals surface area contributed by atoms with E-state index >= 15 is 0 Å². The van der Waals surface area contributed by atoms with Crippen molar-refractivity contribution in [3.05, 3.63) is 59.4 Å². The Morgan fingerprint density at radius 2 is 1.39 bits per heavy atom. The van der Waals surface area contributed by atoms with Crippen molar-refractivity contribution in [3.63, 3.8) is 0 Å². The lowest BCUT2D eigenvalue weighted by Crippen LogP contribution is -2.59. The van der Waals surface area contributed by atoms with Crippen molar-refractivity contribution in [1.82, 2.24) is 5.32 Å². The first-order valence-corrected chi connectivity index (χ1v) is 8.06. The number of halogens is 10. The van der Waals surface area contributed by atoms with Crippen molar-refractivity contribution in [1.29, 1.82) is 0 Å². The molecular weight excluding hydrogens is 452 g/mol. The second-order valence-electron chi connectivity index (χ2n) is 6.07. The molecule has 2 rings (SSSR count). The van der Waals surface area contributed by atoms with Gasteiger partial charge in [-0.3, -0.25) is 4.79 Å². The van der Waals surface area contributed by atoms with Crippen LogP contribution in [-0.2, 0) is 5.92 Å². The van der Waals surface area contributed by atoms with E-state index in [0.29, 0.717) is 12.1 Å². The molecule has 0 aliphatic heterocycles. The lowest BCUT2D eigenvalue weighted by atomic mass is 9.97. The van der Waals surface area contributed by atoms with E-state index in [9.17, 15) is 48.7 Å². The van der Waals surface area contributed by atoms with E-state index in [1.807, 2.05) is 0 Å². The Kier molecular flexibility index (Phi) is 6.21. The van der Waals surface area contributed by atoms with Gasteiger partial charge in [-0.05, 0) is 42.5 Å². The van der Waals surface area contributed by atoms with Gasteiger partial charge in [-0.15, -0.1) is 0 Å². The highest BCUT2D eigenvalue weighted by atomic mass is 19.4. The normalized spacial score (nSPS) is 13.1. The molecule has 2 aromatic rings. The van der Waals surface area contributed by atoms with Crippen LogP contribution in [0.3, 0.4) is 0 Å². The van der Waals surface area contributed by atoms with Crippen LogP contribution in [0.4, 0.5) is 43.9 Å². The third kappa shape index (κ3) is 4.26. The van der Waals surface area contributed by atoms with E-state index in [4.69, 9.17) is 4.74 Å². The second-order valence-corrected chi connectivity index (χ2v) is 6.07. The summed E-state index contributed by atoms with van der Waals surface area (Å²) in [5, 5.41) is 2.23. The Bertz CT molecular complexity index is 955. The van der Waals surface area contributed by atoms with Crippen LogP contribution in [0, 0.1) is 5.82 Å². The first-order valence-electron chi connectivity index (χ1n) is 8.06. The molecular formula is C18H11F10NO2. The molecule has 1 amide bonds. The fourth-order valence-electron chi connectivity index (χ4n) is 2.28. The molecule has 0 atom stereocenters. The smallest absolute Gasteiger partial charge is 0.454 e. The van der Waals surface area contributed by atoms with Gasteiger partial charge in [-0.2, -0.15) is 39.5 Å². The highest BCUT2D eigenvalue weighted by Gasteiger charge is 2.82. The molecule has 0 saturated heterocycles. The zero-order chi connectivity index (χ0) is 23.8. The van der Waals surface area contributed by atoms with Gasteiger partial charge < -0.3 is 10.1 Å². The number of carbonyl (C=O) groups excluding carboxylic acids is 1. The monoisotopic (exact) mass is 463 g/mol. The molecule has 0 aromatic heterocycles. The maximum absolute atomic E-state index is 14.0. The van der Waals surface area contributed by atoms with Gasteiger partial charge in [0, 0.05) is 18.2 Å². The first kappa shape index (κ1) is 24.3. The molecule has 0 bridgehead atoms. The molecule has 0 aliphatic carbocycles. The number of amides is 1. The second kappa shape index (κ2) is 7.93. The summed E-state index contributed by atoms with van der Waals surface area (Å²) < 4.78 is 136. The minimum Gasteiger partial charge on any atom is -0.454 e. The predicted octanol–water partition coefficient (Wildman–Crippen LogP) is 5.90. The largest absolute Gasteiger partial charge is 0.460 e. The van der Waals surface area contributed by atoms with Crippen LogP contribution in [0.1, 0.15) is 15.9 Å². The third-order valence-corrected chi connectivity index (χ3v) is 4.01. The van der Waals surface area contributed by atoms with Crippen LogP contribution in [0.25, 0.3) is 0 Å². The van der Waals surface area contributed by atoms with E-state index in [-0.39, 0.29) is 17.7 Å². The third-order valence-electron chi connectivity index (χ3n) is 4.01. The molecule has 0 radical (unpaired) electrons. The lowest BCUT2D eigenvalue weighted by Gasteiger charge is -2.33. The van der Waals surface area contributed by atoms with Crippen molar-refractivity contribution in [2.24, 2.45) is 0 Å². The zero-order valence-corrected chi connectivity index (χ0v) is 15.1. The van der Waals surface area contributed by atoms with Gasteiger partial charge in [0.2, 0.25) is 0 Å². The highest BCUT2D eigenvalue weighted by molar-refractivity contribution is 5.94. The number of rotatable bonds is 6. The van der Waals surface area contributed by atoms with Gasteiger partial charge in [-0.1, -0.05) is 0 Å². The number of hydrogen-bond donors (Lipinski definition) is 1. The number of alkyl halides is 9. The van der Waals surface area contributed by atoms with Crippen LogP contribution in [0.15, 0.2) is 42.5 Å². The van der Waals surface area contributed by atoms with E-state index in [1.54, 1.807) is 0 Å². The van der Waals surface area contributed by atoms with Crippen LogP contribution < -0.4 is 10.1 Å². The zero-order valence-electron chi connectivity index (χ0n) is 15.1. The molecule has 0 aliphatic rings. The molecule has 0 unspecified atom stereocenters. The topological polar surface area (TPSA) is 38.3 Å². The van der Waals surface area contributed by atoms with Crippen LogP contribution in [-0.4, -0.2) is 31.0 Å². The molecule has 3 nitrogen and oxygen atoms in total. The van der Waals surface area contributed by atoms with Gasteiger partial charge in [0.05, 0.1) is 0 Å². The highest BCUT2D eigenvalue weighted by Crippen LogP contribution is 2.56. The Balaban J connectivity index is 2.30. The Hall–Kier alpha value is -2.99. The van der Waals surface area contributed by atoms with Gasteiger partial charge in [0.25, 0.3) is 5.91 Å².